The number of nitrogens with one attached hydrogen (secondary N) is 1. The number of nitrogens with two attached hydrogens (primary N) is 1. The van der Waals surface area contributed by atoms with Crippen LogP contribution in [-0.4, -0.2) is 46.7 Å². The summed E-state index contributed by atoms with van der Waals surface area (Å²) in [5.41, 5.74) is 4.14. The highest BCUT2D eigenvalue weighted by molar-refractivity contribution is 5.95. The Balaban J connectivity index is 0.00000320. The SMILES string of the molecule is COc1cc(C2=NNC(=O)C[NH2+]2)ccc1OCc1cc(OC)c(OC)c(OC)c1.[Cl-]. The van der Waals surface area contributed by atoms with Crippen molar-refractivity contribution in [2.45, 2.75) is 6.61 Å². The standard InChI is InChI=1S/C20H23N3O6.ClH/c1-25-15-9-13(20-21-10-18(24)22-23-20)5-6-14(15)29-11-12-7-16(26-2)19(28-4)17(8-12)27-3;/h5-9H,10-11H2,1-4H3,(H,21,23)(H,22,24);1H. The molecule has 3 N–H and O–H groups in total. The number of hydrazone groups is 1. The van der Waals surface area contributed by atoms with Gasteiger partial charge < -0.3 is 36.1 Å². The van der Waals surface area contributed by atoms with E-state index in [1.807, 2.05) is 24.3 Å². The number of ether oxygens (including phenoxy) is 5. The molecule has 9 nitrogen and oxygen atoms in total. The van der Waals surface area contributed by atoms with Crippen molar-refractivity contribution in [3.63, 3.8) is 0 Å². The summed E-state index contributed by atoms with van der Waals surface area (Å²) >= 11 is 0. The van der Waals surface area contributed by atoms with Gasteiger partial charge in [0.25, 0.3) is 5.91 Å². The Morgan fingerprint density at radius 2 is 1.60 bits per heavy atom. The Kier molecular flexibility index (Phi) is 8.14. The fraction of sp³-hybridized carbons (Fsp3) is 0.300. The summed E-state index contributed by atoms with van der Waals surface area (Å²) in [6, 6.07) is 9.14. The van der Waals surface area contributed by atoms with Crippen LogP contribution in [0.2, 0.25) is 0 Å². The van der Waals surface area contributed by atoms with Crippen LogP contribution in [0, 0.1) is 0 Å². The summed E-state index contributed by atoms with van der Waals surface area (Å²) in [6.07, 6.45) is 0. The predicted octanol–water partition coefficient (Wildman–Crippen LogP) is -2.34. The largest absolute Gasteiger partial charge is 1.00 e. The monoisotopic (exact) mass is 437 g/mol. The van der Waals surface area contributed by atoms with Gasteiger partial charge in [-0.15, -0.1) is 5.10 Å². The summed E-state index contributed by atoms with van der Waals surface area (Å²) in [4.78, 5) is 11.2. The number of amidine groups is 1. The quantitative estimate of drug-likeness (QED) is 0.479. The van der Waals surface area contributed by atoms with Crippen molar-refractivity contribution in [2.24, 2.45) is 5.10 Å². The van der Waals surface area contributed by atoms with Crippen molar-refractivity contribution in [2.75, 3.05) is 35.0 Å². The van der Waals surface area contributed by atoms with Crippen molar-refractivity contribution in [1.82, 2.24) is 5.43 Å². The molecule has 0 aromatic heterocycles. The Morgan fingerprint density at radius 1 is 0.933 bits per heavy atom. The number of hydrogen-bond acceptors (Lipinski definition) is 7. The molecule has 0 saturated heterocycles. The van der Waals surface area contributed by atoms with E-state index in [9.17, 15) is 4.79 Å². The van der Waals surface area contributed by atoms with E-state index in [-0.39, 0.29) is 24.9 Å². The summed E-state index contributed by atoms with van der Waals surface area (Å²) in [6.45, 7) is 0.566. The van der Waals surface area contributed by atoms with Crippen LogP contribution in [0.4, 0.5) is 0 Å². The molecule has 30 heavy (non-hydrogen) atoms. The Bertz CT molecular complexity index is 910. The maximum atomic E-state index is 11.2. The van der Waals surface area contributed by atoms with Gasteiger partial charge in [-0.25, -0.2) is 5.43 Å². The zero-order valence-corrected chi connectivity index (χ0v) is 17.9. The molecule has 2 aromatic carbocycles. The first-order chi connectivity index (χ1) is 14.1. The second-order valence-electron chi connectivity index (χ2n) is 6.13. The van der Waals surface area contributed by atoms with E-state index in [4.69, 9.17) is 23.7 Å². The first-order valence-electron chi connectivity index (χ1n) is 8.89. The smallest absolute Gasteiger partial charge is 0.295 e. The van der Waals surface area contributed by atoms with Gasteiger partial charge in [0.05, 0.1) is 34.0 Å². The summed E-state index contributed by atoms with van der Waals surface area (Å²) in [7, 11) is 6.26. The molecule has 0 bridgehead atoms. The molecule has 3 rings (SSSR count). The van der Waals surface area contributed by atoms with Crippen LogP contribution in [0.3, 0.4) is 0 Å². The molecule has 0 fully saturated rings. The van der Waals surface area contributed by atoms with E-state index < -0.39 is 0 Å². The van der Waals surface area contributed by atoms with Crippen molar-refractivity contribution >= 4 is 11.7 Å². The van der Waals surface area contributed by atoms with Crippen molar-refractivity contribution in [3.05, 3.63) is 41.5 Å². The lowest BCUT2D eigenvalue weighted by Crippen LogP contribution is -3.00. The van der Waals surface area contributed by atoms with E-state index in [1.165, 1.54) is 0 Å². The molecular weight excluding hydrogens is 414 g/mol. The van der Waals surface area contributed by atoms with Gasteiger partial charge in [0.15, 0.2) is 29.5 Å². The van der Waals surface area contributed by atoms with Crippen LogP contribution in [0.15, 0.2) is 35.4 Å². The van der Waals surface area contributed by atoms with Crippen LogP contribution >= 0.6 is 0 Å². The molecule has 0 aliphatic carbocycles. The second kappa shape index (κ2) is 10.6. The molecule has 0 spiro atoms. The van der Waals surface area contributed by atoms with Gasteiger partial charge in [-0.1, -0.05) is 0 Å². The number of nitrogens with zero attached hydrogens (tertiary/aromatic N) is 1. The topological polar surface area (TPSA) is 104 Å². The van der Waals surface area contributed by atoms with E-state index >= 15 is 0 Å². The average Bonchev–Trinajstić information content (AvgIpc) is 2.77. The highest BCUT2D eigenvalue weighted by Gasteiger charge is 2.19. The maximum Gasteiger partial charge on any atom is 0.295 e. The number of carbonyl (C=O) groups is 1. The van der Waals surface area contributed by atoms with Gasteiger partial charge in [0, 0.05) is 0 Å². The van der Waals surface area contributed by atoms with Crippen LogP contribution in [0.1, 0.15) is 11.1 Å². The van der Waals surface area contributed by atoms with Gasteiger partial charge in [-0.3, -0.25) is 10.1 Å². The zero-order valence-electron chi connectivity index (χ0n) is 17.2. The summed E-state index contributed by atoms with van der Waals surface area (Å²) < 4.78 is 27.5. The maximum absolute atomic E-state index is 11.2. The number of hydrogen-bond donors (Lipinski definition) is 2. The number of benzene rings is 2. The highest BCUT2D eigenvalue weighted by atomic mass is 35.5. The summed E-state index contributed by atoms with van der Waals surface area (Å²) in [5.74, 6) is 3.32. The molecule has 2 aromatic rings. The lowest BCUT2D eigenvalue weighted by molar-refractivity contribution is -0.529. The number of carbonyl (C=O) groups excluding carboxylic acids is 1. The molecule has 0 radical (unpaired) electrons. The molecule has 1 amide bonds. The number of methoxy groups -OCH3 is 4. The van der Waals surface area contributed by atoms with E-state index in [2.05, 4.69) is 10.5 Å². The third-order valence-corrected chi connectivity index (χ3v) is 4.36. The number of halogens is 1. The van der Waals surface area contributed by atoms with Gasteiger partial charge in [-0.2, -0.15) is 0 Å². The predicted molar refractivity (Wildman–Crippen MR) is 105 cm³/mol. The molecular formula is C20H24ClN3O6. The molecule has 1 aliphatic heterocycles. The van der Waals surface area contributed by atoms with Gasteiger partial charge >= 0.3 is 0 Å². The van der Waals surface area contributed by atoms with E-state index in [1.54, 1.807) is 39.8 Å². The normalized spacial score (nSPS) is 12.8. The number of amides is 1. The van der Waals surface area contributed by atoms with Crippen molar-refractivity contribution in [3.8, 4) is 28.7 Å². The minimum absolute atomic E-state index is 0. The molecule has 1 aliphatic rings. The zero-order chi connectivity index (χ0) is 20.8. The number of rotatable bonds is 8. The van der Waals surface area contributed by atoms with Crippen LogP contribution < -0.4 is 46.8 Å². The Hall–Kier alpha value is -3.17. The van der Waals surface area contributed by atoms with E-state index in [0.29, 0.717) is 41.1 Å². The molecule has 10 heteroatoms. The second-order valence-corrected chi connectivity index (χ2v) is 6.13. The Labute approximate surface area is 180 Å². The fourth-order valence-corrected chi connectivity index (χ4v) is 2.91. The first kappa shape index (κ1) is 23.1. The number of quaternary nitrogens is 1. The fourth-order valence-electron chi connectivity index (χ4n) is 2.91. The van der Waals surface area contributed by atoms with Crippen molar-refractivity contribution < 1.29 is 46.2 Å². The van der Waals surface area contributed by atoms with Gasteiger partial charge in [0.2, 0.25) is 11.6 Å². The third kappa shape index (κ3) is 5.05. The minimum atomic E-state index is -0.133. The molecule has 0 saturated carbocycles. The minimum Gasteiger partial charge on any atom is -1.00 e. The first-order valence-corrected chi connectivity index (χ1v) is 8.89. The van der Waals surface area contributed by atoms with Crippen LogP contribution in [-0.2, 0) is 11.4 Å². The lowest BCUT2D eigenvalue weighted by atomic mass is 10.1. The Morgan fingerprint density at radius 3 is 2.13 bits per heavy atom. The van der Waals surface area contributed by atoms with Gasteiger partial charge in [-0.05, 0) is 35.9 Å². The third-order valence-electron chi connectivity index (χ3n) is 4.36. The summed E-state index contributed by atoms with van der Waals surface area (Å²) in [5, 5.41) is 5.83. The molecule has 162 valence electrons. The van der Waals surface area contributed by atoms with E-state index in [0.717, 1.165) is 11.1 Å². The van der Waals surface area contributed by atoms with Crippen LogP contribution in [0.5, 0.6) is 28.7 Å². The van der Waals surface area contributed by atoms with Gasteiger partial charge in [0.1, 0.15) is 6.61 Å². The highest BCUT2D eigenvalue weighted by Crippen LogP contribution is 2.38. The molecule has 0 atom stereocenters. The molecule has 0 unspecified atom stereocenters. The van der Waals surface area contributed by atoms with Crippen molar-refractivity contribution in [1.29, 1.82) is 0 Å². The molecule has 1 heterocycles. The van der Waals surface area contributed by atoms with Crippen LogP contribution in [0.25, 0.3) is 0 Å². The average molecular weight is 438 g/mol. The lowest BCUT2D eigenvalue weighted by Gasteiger charge is -2.16.